The molecule has 0 aliphatic rings. The first-order valence-corrected chi connectivity index (χ1v) is 13.1. The van der Waals surface area contributed by atoms with Gasteiger partial charge in [-0.15, -0.1) is 0 Å². The highest BCUT2D eigenvalue weighted by Crippen LogP contribution is 2.23. The summed E-state index contributed by atoms with van der Waals surface area (Å²) in [5.74, 6) is 0.144. The van der Waals surface area contributed by atoms with Crippen LogP contribution in [0.1, 0.15) is 80.1 Å². The molecular formula is C30H49ClN2O. The zero-order chi connectivity index (χ0) is 26.4. The van der Waals surface area contributed by atoms with E-state index in [0.717, 1.165) is 54.2 Å². The Morgan fingerprint density at radius 2 is 1.65 bits per heavy atom. The Kier molecular flexibility index (Phi) is 22.5. The Balaban J connectivity index is 0. The van der Waals surface area contributed by atoms with Crippen molar-refractivity contribution in [3.05, 3.63) is 78.0 Å². The van der Waals surface area contributed by atoms with Crippen molar-refractivity contribution < 1.29 is 4.79 Å². The fourth-order valence-electron chi connectivity index (χ4n) is 3.07. The van der Waals surface area contributed by atoms with Crippen LogP contribution in [0.2, 0.25) is 5.02 Å². The zero-order valence-corrected chi connectivity index (χ0v) is 23.6. The first-order valence-electron chi connectivity index (χ1n) is 12.7. The Bertz CT molecular complexity index is 752. The number of benzene rings is 1. The van der Waals surface area contributed by atoms with Gasteiger partial charge in [0.2, 0.25) is 5.91 Å². The molecule has 3 nitrogen and oxygen atoms in total. The van der Waals surface area contributed by atoms with Crippen LogP contribution in [-0.4, -0.2) is 30.9 Å². The van der Waals surface area contributed by atoms with E-state index >= 15 is 0 Å². The highest BCUT2D eigenvalue weighted by atomic mass is 35.5. The van der Waals surface area contributed by atoms with E-state index in [9.17, 15) is 4.79 Å². The van der Waals surface area contributed by atoms with Crippen molar-refractivity contribution in [3.8, 4) is 0 Å². The van der Waals surface area contributed by atoms with Gasteiger partial charge < -0.3 is 9.80 Å². The maximum atomic E-state index is 12.4. The molecule has 4 heteroatoms. The summed E-state index contributed by atoms with van der Waals surface area (Å²) in [5.41, 5.74) is 3.18. The third-order valence-electron chi connectivity index (χ3n) is 5.06. The molecule has 1 aromatic carbocycles. The standard InChI is InChI=1S/C19H33NO.C9H10ClN.C2H6/c1-6-10-11-12-14-20(9-4)19(21)16-18(13-7-2)15-17(5)8-3;1-3-11(2)9-7-5-4-6-8(9)10;1-2/h8,15-16H,3,6-7,9-14H2,1-2,4-5H3;3-7H,1H2,2H3;1-2H3/b17-15-,18-16+;;. The van der Waals surface area contributed by atoms with Crippen LogP contribution >= 0.6 is 11.6 Å². The van der Waals surface area contributed by atoms with Gasteiger partial charge in [-0.25, -0.2) is 0 Å². The lowest BCUT2D eigenvalue weighted by Crippen LogP contribution is -2.30. The van der Waals surface area contributed by atoms with Crippen LogP contribution in [-0.2, 0) is 4.79 Å². The number of carbonyl (C=O) groups is 1. The number of anilines is 1. The summed E-state index contributed by atoms with van der Waals surface area (Å²) in [7, 11) is 1.91. The van der Waals surface area contributed by atoms with Crippen LogP contribution in [0.15, 0.2) is 73.0 Å². The summed E-state index contributed by atoms with van der Waals surface area (Å²) >= 11 is 5.91. The van der Waals surface area contributed by atoms with E-state index in [1.165, 1.54) is 19.3 Å². The van der Waals surface area contributed by atoms with Crippen molar-refractivity contribution in [2.24, 2.45) is 0 Å². The van der Waals surface area contributed by atoms with Crippen LogP contribution in [0.3, 0.4) is 0 Å². The molecule has 1 amide bonds. The SMILES string of the molecule is C=C/C(C)=C\C(=C\C(=O)N(CC)CCCCCC)CCC.C=CN(C)c1ccccc1Cl.CC. The predicted octanol–water partition coefficient (Wildman–Crippen LogP) is 9.22. The molecule has 34 heavy (non-hydrogen) atoms. The first kappa shape index (κ1) is 33.9. The van der Waals surface area contributed by atoms with Crippen molar-refractivity contribution in [3.63, 3.8) is 0 Å². The second-order valence-corrected chi connectivity index (χ2v) is 8.19. The lowest BCUT2D eigenvalue weighted by atomic mass is 10.1. The molecular weight excluding hydrogens is 440 g/mol. The largest absolute Gasteiger partial charge is 0.350 e. The number of hydrogen-bond acceptors (Lipinski definition) is 2. The minimum atomic E-state index is 0.144. The van der Waals surface area contributed by atoms with Gasteiger partial charge in [-0.05, 0) is 50.6 Å². The second kappa shape index (κ2) is 22.5. The van der Waals surface area contributed by atoms with E-state index in [-0.39, 0.29) is 5.91 Å². The normalized spacial score (nSPS) is 10.8. The number of likely N-dealkylation sites (N-methyl/N-ethyl adjacent to an activating group) is 1. The van der Waals surface area contributed by atoms with Gasteiger partial charge in [0.05, 0.1) is 10.7 Å². The summed E-state index contributed by atoms with van der Waals surface area (Å²) in [6.45, 7) is 21.5. The fraction of sp³-hybridized carbons (Fsp3) is 0.500. The van der Waals surface area contributed by atoms with Gasteiger partial charge in [0, 0.05) is 26.2 Å². The maximum absolute atomic E-state index is 12.4. The van der Waals surface area contributed by atoms with E-state index in [4.69, 9.17) is 11.6 Å². The number of halogens is 1. The third kappa shape index (κ3) is 15.6. The molecule has 192 valence electrons. The summed E-state index contributed by atoms with van der Waals surface area (Å²) in [6.07, 6.45) is 14.2. The minimum Gasteiger partial charge on any atom is -0.350 e. The predicted molar refractivity (Wildman–Crippen MR) is 155 cm³/mol. The zero-order valence-electron chi connectivity index (χ0n) is 22.9. The second-order valence-electron chi connectivity index (χ2n) is 7.79. The molecule has 0 saturated heterocycles. The number of hydrogen-bond donors (Lipinski definition) is 0. The highest BCUT2D eigenvalue weighted by Gasteiger charge is 2.09. The van der Waals surface area contributed by atoms with E-state index in [2.05, 4.69) is 40.0 Å². The van der Waals surface area contributed by atoms with Crippen LogP contribution in [0.5, 0.6) is 0 Å². The number of allylic oxidation sites excluding steroid dienone is 4. The topological polar surface area (TPSA) is 23.6 Å². The van der Waals surface area contributed by atoms with E-state index < -0.39 is 0 Å². The molecule has 0 atom stereocenters. The Labute approximate surface area is 215 Å². The molecule has 0 bridgehead atoms. The van der Waals surface area contributed by atoms with Crippen LogP contribution in [0.25, 0.3) is 0 Å². The molecule has 0 saturated carbocycles. The van der Waals surface area contributed by atoms with Crippen molar-refractivity contribution in [1.82, 2.24) is 4.90 Å². The lowest BCUT2D eigenvalue weighted by molar-refractivity contribution is -0.126. The third-order valence-corrected chi connectivity index (χ3v) is 5.38. The fourth-order valence-corrected chi connectivity index (χ4v) is 3.33. The maximum Gasteiger partial charge on any atom is 0.246 e. The molecule has 0 heterocycles. The number of amides is 1. The number of nitrogens with zero attached hydrogens (tertiary/aromatic N) is 2. The van der Waals surface area contributed by atoms with Crippen molar-refractivity contribution >= 4 is 23.2 Å². The Hall–Kier alpha value is -2.26. The molecule has 0 N–H and O–H groups in total. The summed E-state index contributed by atoms with van der Waals surface area (Å²) < 4.78 is 0. The molecule has 0 unspecified atom stereocenters. The number of carbonyl (C=O) groups excluding carboxylic acids is 1. The molecule has 1 aromatic rings. The van der Waals surface area contributed by atoms with E-state index in [0.29, 0.717) is 0 Å². The quantitative estimate of drug-likeness (QED) is 0.157. The molecule has 0 aliphatic carbocycles. The summed E-state index contributed by atoms with van der Waals surface area (Å²) in [5, 5.41) is 0.745. The average molecular weight is 489 g/mol. The number of unbranched alkanes of at least 4 members (excludes halogenated alkanes) is 3. The van der Waals surface area contributed by atoms with Gasteiger partial charge in [-0.2, -0.15) is 0 Å². The van der Waals surface area contributed by atoms with Gasteiger partial charge >= 0.3 is 0 Å². The Morgan fingerprint density at radius 1 is 1.00 bits per heavy atom. The summed E-state index contributed by atoms with van der Waals surface area (Å²) in [6, 6.07) is 7.66. The first-order chi connectivity index (χ1) is 16.3. The minimum absolute atomic E-state index is 0.144. The average Bonchev–Trinajstić information content (AvgIpc) is 2.85. The Morgan fingerprint density at radius 3 is 2.15 bits per heavy atom. The lowest BCUT2D eigenvalue weighted by Gasteiger charge is -2.19. The van der Waals surface area contributed by atoms with Crippen LogP contribution in [0, 0.1) is 0 Å². The van der Waals surface area contributed by atoms with Crippen molar-refractivity contribution in [2.45, 2.75) is 80.1 Å². The number of rotatable bonds is 13. The van der Waals surface area contributed by atoms with E-state index in [1.54, 1.807) is 12.3 Å². The molecule has 0 radical (unpaired) electrons. The van der Waals surface area contributed by atoms with Crippen LogP contribution in [0.4, 0.5) is 5.69 Å². The van der Waals surface area contributed by atoms with Gasteiger partial charge in [-0.1, -0.05) is 108 Å². The van der Waals surface area contributed by atoms with Gasteiger partial charge in [0.1, 0.15) is 0 Å². The van der Waals surface area contributed by atoms with Crippen LogP contribution < -0.4 is 4.90 Å². The summed E-state index contributed by atoms with van der Waals surface area (Å²) in [4.78, 5) is 16.2. The van der Waals surface area contributed by atoms with Gasteiger partial charge in [0.15, 0.2) is 0 Å². The highest BCUT2D eigenvalue weighted by molar-refractivity contribution is 6.33. The van der Waals surface area contributed by atoms with Crippen molar-refractivity contribution in [2.75, 3.05) is 25.0 Å². The number of para-hydroxylation sites is 1. The molecule has 0 aliphatic heterocycles. The molecule has 0 spiro atoms. The molecule has 0 aromatic heterocycles. The van der Waals surface area contributed by atoms with E-state index in [1.807, 2.05) is 68.0 Å². The van der Waals surface area contributed by atoms with Gasteiger partial charge in [-0.3, -0.25) is 4.79 Å². The smallest absolute Gasteiger partial charge is 0.246 e. The van der Waals surface area contributed by atoms with Crippen molar-refractivity contribution in [1.29, 1.82) is 0 Å². The van der Waals surface area contributed by atoms with Gasteiger partial charge in [0.25, 0.3) is 0 Å². The monoisotopic (exact) mass is 488 g/mol. The molecule has 1 rings (SSSR count). The molecule has 0 fully saturated rings.